The molecule has 4 aliphatic rings. The second-order valence-corrected chi connectivity index (χ2v) is 14.0. The number of nitrogens with one attached hydrogen (secondary N) is 1. The third-order valence-corrected chi connectivity index (χ3v) is 11.1. The largest absolute Gasteiger partial charge is 0.397 e. The van der Waals surface area contributed by atoms with Crippen LogP contribution in [-0.4, -0.2) is 88.8 Å². The summed E-state index contributed by atoms with van der Waals surface area (Å²) >= 11 is 8.07. The summed E-state index contributed by atoms with van der Waals surface area (Å²) in [5.41, 5.74) is 9.36. The minimum Gasteiger partial charge on any atom is -0.397 e. The van der Waals surface area contributed by atoms with Crippen molar-refractivity contribution in [1.29, 1.82) is 0 Å². The number of hydrogen-bond acceptors (Lipinski definition) is 6. The lowest BCUT2D eigenvalue weighted by Crippen LogP contribution is -2.51. The van der Waals surface area contributed by atoms with Gasteiger partial charge in [-0.05, 0) is 93.6 Å². The lowest BCUT2D eigenvalue weighted by molar-refractivity contribution is -0.143. The summed E-state index contributed by atoms with van der Waals surface area (Å²) in [6, 6.07) is 6.35. The van der Waals surface area contributed by atoms with E-state index in [4.69, 9.17) is 17.3 Å². The number of nitrogens with two attached hydrogens (primary N) is 1. The molecule has 4 amide bonds. The molecule has 43 heavy (non-hydrogen) atoms. The number of anilines is 2. The zero-order valence-corrected chi connectivity index (χ0v) is 26.6. The van der Waals surface area contributed by atoms with Crippen LogP contribution in [0.5, 0.6) is 0 Å². The molecule has 6 rings (SSSR count). The predicted molar refractivity (Wildman–Crippen MR) is 171 cm³/mol. The highest BCUT2D eigenvalue weighted by atomic mass is 35.5. The molecule has 0 spiro atoms. The molecule has 0 bridgehead atoms. The lowest BCUT2D eigenvalue weighted by atomic mass is 9.91. The van der Waals surface area contributed by atoms with E-state index >= 15 is 0 Å². The molecule has 2 aromatic rings. The minimum atomic E-state index is -0.460. The summed E-state index contributed by atoms with van der Waals surface area (Å²) < 4.78 is 0. The fourth-order valence-corrected chi connectivity index (χ4v) is 8.46. The Hall–Kier alpha value is -2.82. The molecule has 0 aliphatic carbocycles. The molecule has 3 saturated heterocycles. The Labute approximate surface area is 263 Å². The first-order valence-corrected chi connectivity index (χ1v) is 17.0. The molecule has 0 radical (unpaired) electrons. The highest BCUT2D eigenvalue weighted by molar-refractivity contribution is 7.10. The number of thiophene rings is 1. The van der Waals surface area contributed by atoms with Gasteiger partial charge in [-0.25, -0.2) is 4.79 Å². The van der Waals surface area contributed by atoms with Gasteiger partial charge in [-0.1, -0.05) is 17.7 Å². The van der Waals surface area contributed by atoms with Crippen LogP contribution in [-0.2, 0) is 22.6 Å². The summed E-state index contributed by atoms with van der Waals surface area (Å²) in [6.07, 6.45) is 6.60. The highest BCUT2D eigenvalue weighted by Gasteiger charge is 2.36. The van der Waals surface area contributed by atoms with Gasteiger partial charge in [0.2, 0.25) is 11.8 Å². The maximum Gasteiger partial charge on any atom is 0.322 e. The van der Waals surface area contributed by atoms with Crippen LogP contribution in [0, 0.1) is 12.8 Å². The van der Waals surface area contributed by atoms with Crippen molar-refractivity contribution in [2.45, 2.75) is 76.9 Å². The molecule has 3 fully saturated rings. The molecule has 232 valence electrons. The molecular formula is C32H43ClN6O3S. The average Bonchev–Trinajstić information content (AvgIpc) is 3.71. The molecule has 3 N–H and O–H groups in total. The van der Waals surface area contributed by atoms with E-state index in [1.54, 1.807) is 11.3 Å². The number of carbonyl (C=O) groups excluding carboxylic acids is 3. The van der Waals surface area contributed by atoms with Gasteiger partial charge in [0, 0.05) is 49.6 Å². The molecule has 1 aromatic heterocycles. The number of likely N-dealkylation sites (tertiary alicyclic amines) is 3. The van der Waals surface area contributed by atoms with Gasteiger partial charge in [-0.2, -0.15) is 0 Å². The number of urea groups is 1. The van der Waals surface area contributed by atoms with Gasteiger partial charge in [0.05, 0.1) is 28.9 Å². The molecule has 1 atom stereocenters. The molecular weight excluding hydrogens is 584 g/mol. The van der Waals surface area contributed by atoms with Gasteiger partial charge in [0.15, 0.2) is 0 Å². The molecule has 4 aliphatic heterocycles. The number of rotatable bonds is 7. The Bertz CT molecular complexity index is 1320. The van der Waals surface area contributed by atoms with Crippen molar-refractivity contribution in [1.82, 2.24) is 19.6 Å². The number of nitrogens with zero attached hydrogens (tertiary/aromatic N) is 4. The Morgan fingerprint density at radius 3 is 2.40 bits per heavy atom. The third kappa shape index (κ3) is 6.66. The van der Waals surface area contributed by atoms with Crippen LogP contribution in [0.2, 0.25) is 5.02 Å². The number of halogens is 1. The Morgan fingerprint density at radius 2 is 1.70 bits per heavy atom. The van der Waals surface area contributed by atoms with Gasteiger partial charge in [0.1, 0.15) is 0 Å². The zero-order valence-electron chi connectivity index (χ0n) is 25.0. The van der Waals surface area contributed by atoms with Crippen LogP contribution in [0.25, 0.3) is 0 Å². The average molecular weight is 627 g/mol. The van der Waals surface area contributed by atoms with Crippen molar-refractivity contribution in [2.75, 3.05) is 50.3 Å². The van der Waals surface area contributed by atoms with Crippen molar-refractivity contribution < 1.29 is 14.4 Å². The van der Waals surface area contributed by atoms with Crippen LogP contribution in [0.4, 0.5) is 16.2 Å². The monoisotopic (exact) mass is 626 g/mol. The number of amides is 4. The van der Waals surface area contributed by atoms with Crippen LogP contribution in [0.3, 0.4) is 0 Å². The second-order valence-electron chi connectivity index (χ2n) is 12.6. The quantitative estimate of drug-likeness (QED) is 0.423. The summed E-state index contributed by atoms with van der Waals surface area (Å²) in [7, 11) is 0. The molecule has 0 unspecified atom stereocenters. The fraction of sp³-hybridized carbons (Fsp3) is 0.594. The smallest absolute Gasteiger partial charge is 0.322 e. The van der Waals surface area contributed by atoms with Crippen molar-refractivity contribution in [3.63, 3.8) is 0 Å². The molecule has 1 aromatic carbocycles. The second kappa shape index (κ2) is 13.0. The lowest BCUT2D eigenvalue weighted by Gasteiger charge is -2.40. The van der Waals surface area contributed by atoms with Crippen molar-refractivity contribution >= 4 is 52.2 Å². The van der Waals surface area contributed by atoms with Gasteiger partial charge in [-0.3, -0.25) is 9.59 Å². The number of nitrogen functional groups attached to an aromatic ring is 1. The van der Waals surface area contributed by atoms with E-state index in [0.717, 1.165) is 55.6 Å². The summed E-state index contributed by atoms with van der Waals surface area (Å²) in [6.45, 7) is 7.51. The number of benzene rings is 1. The van der Waals surface area contributed by atoms with Crippen molar-refractivity contribution in [3.8, 4) is 0 Å². The van der Waals surface area contributed by atoms with E-state index < -0.39 is 5.92 Å². The van der Waals surface area contributed by atoms with Gasteiger partial charge >= 0.3 is 6.03 Å². The normalized spacial score (nSPS) is 21.2. The van der Waals surface area contributed by atoms with E-state index in [2.05, 4.69) is 10.2 Å². The first-order valence-electron chi connectivity index (χ1n) is 15.8. The van der Waals surface area contributed by atoms with Gasteiger partial charge in [0.25, 0.3) is 0 Å². The standard InChI is InChI=1S/C32H43ClN6O3S/c1-21-16-22(18-26(33)30(21)34)17-23(31(41)38-13-4-24(5-14-38)36-9-2-3-10-36)19-29(40)37-11-6-25(7-12-37)39-20-28-27(8-15-43-28)35-32(39)42/h8,15-16,18,23-25H,2-7,9-14,17,19-20,34H2,1H3,(H,35,42)/t23-/m0/s1. The minimum absolute atomic E-state index is 0.00524. The number of fused-ring (bicyclic) bond motifs is 1. The summed E-state index contributed by atoms with van der Waals surface area (Å²) in [5.74, 6) is -0.395. The maximum atomic E-state index is 14.0. The molecule has 5 heterocycles. The van der Waals surface area contributed by atoms with Crippen molar-refractivity contribution in [2.24, 2.45) is 5.92 Å². The Balaban J connectivity index is 1.10. The highest BCUT2D eigenvalue weighted by Crippen LogP contribution is 2.32. The fourth-order valence-electron chi connectivity index (χ4n) is 7.34. The molecule has 9 nitrogen and oxygen atoms in total. The van der Waals surface area contributed by atoms with Crippen LogP contribution in [0.1, 0.15) is 60.9 Å². The number of piperidine rings is 2. The number of carbonyl (C=O) groups is 3. The predicted octanol–water partition coefficient (Wildman–Crippen LogP) is 4.97. The van der Waals surface area contributed by atoms with Crippen molar-refractivity contribution in [3.05, 3.63) is 44.6 Å². The molecule has 11 heteroatoms. The Kier molecular flexibility index (Phi) is 9.16. The van der Waals surface area contributed by atoms with Crippen LogP contribution < -0.4 is 11.1 Å². The van der Waals surface area contributed by atoms with E-state index in [-0.39, 0.29) is 30.3 Å². The zero-order chi connectivity index (χ0) is 30.1. The SMILES string of the molecule is Cc1cc(C[C@@H](CC(=O)N2CCC(N3Cc4sccc4NC3=O)CC2)C(=O)N2CCC(N3CCCC3)CC2)cc(Cl)c1N. The summed E-state index contributed by atoms with van der Waals surface area (Å²) in [5, 5.41) is 5.49. The number of aryl methyl sites for hydroxylation is 1. The maximum absolute atomic E-state index is 14.0. The van der Waals surface area contributed by atoms with Gasteiger partial charge < -0.3 is 30.7 Å². The third-order valence-electron chi connectivity index (χ3n) is 9.90. The van der Waals surface area contributed by atoms with Gasteiger partial charge in [-0.15, -0.1) is 11.3 Å². The summed E-state index contributed by atoms with van der Waals surface area (Å²) in [4.78, 5) is 50.0. The topological polar surface area (TPSA) is 102 Å². The van der Waals surface area contributed by atoms with E-state index in [0.29, 0.717) is 42.8 Å². The molecule has 0 saturated carbocycles. The Morgan fingerprint density at radius 1 is 1.02 bits per heavy atom. The first-order chi connectivity index (χ1) is 20.8. The van der Waals surface area contributed by atoms with E-state index in [1.807, 2.05) is 45.2 Å². The van der Waals surface area contributed by atoms with Crippen LogP contribution >= 0.6 is 22.9 Å². The van der Waals surface area contributed by atoms with E-state index in [1.165, 1.54) is 30.8 Å². The van der Waals surface area contributed by atoms with Crippen LogP contribution in [0.15, 0.2) is 23.6 Å². The van der Waals surface area contributed by atoms with E-state index in [9.17, 15) is 14.4 Å². The number of hydrogen-bond donors (Lipinski definition) is 2. The first kappa shape index (κ1) is 30.2.